The monoisotopic (exact) mass is 314 g/mol. The average molecular weight is 314 g/mol. The Kier molecular flexibility index (Phi) is 3.71. The Labute approximate surface area is 123 Å². The van der Waals surface area contributed by atoms with Crippen LogP contribution < -0.4 is 0 Å². The maximum absolute atomic E-state index is 10.1. The zero-order valence-electron chi connectivity index (χ0n) is 11.0. The maximum atomic E-state index is 10.1. The fourth-order valence-electron chi connectivity index (χ4n) is 2.34. The first-order valence-corrected chi connectivity index (χ1v) is 7.39. The minimum absolute atomic E-state index is 0.180. The van der Waals surface area contributed by atoms with E-state index in [9.17, 15) is 15.3 Å². The van der Waals surface area contributed by atoms with Crippen LogP contribution in [0.25, 0.3) is 11.2 Å². The van der Waals surface area contributed by atoms with Crippen LogP contribution in [-0.2, 0) is 4.74 Å². The fraction of sp³-hybridized carbons (Fsp3) is 0.545. The lowest BCUT2D eigenvalue weighted by molar-refractivity contribution is -0.0548. The quantitative estimate of drug-likeness (QED) is 0.519. The van der Waals surface area contributed by atoms with Crippen molar-refractivity contribution in [3.05, 3.63) is 6.33 Å². The molecule has 4 atom stereocenters. The summed E-state index contributed by atoms with van der Waals surface area (Å²) in [6, 6.07) is 0. The first kappa shape index (κ1) is 14.5. The van der Waals surface area contributed by atoms with E-state index in [4.69, 9.17) is 9.84 Å². The number of ether oxygens (including phenoxy) is 1. The number of nitrogens with zero attached hydrogens (tertiary/aromatic N) is 4. The predicted molar refractivity (Wildman–Crippen MR) is 71.8 cm³/mol. The highest BCUT2D eigenvalue weighted by Crippen LogP contribution is 2.36. The minimum Gasteiger partial charge on any atom is -0.492 e. The Bertz CT molecular complexity index is 665. The van der Waals surface area contributed by atoms with Crippen molar-refractivity contribution in [1.82, 2.24) is 19.5 Å². The lowest BCUT2D eigenvalue weighted by atomic mass is 10.1. The van der Waals surface area contributed by atoms with Gasteiger partial charge in [0.15, 0.2) is 22.5 Å². The highest BCUT2D eigenvalue weighted by Gasteiger charge is 2.44. The van der Waals surface area contributed by atoms with Crippen LogP contribution in [0, 0.1) is 0 Å². The van der Waals surface area contributed by atoms with Crippen molar-refractivity contribution >= 4 is 22.9 Å². The molecule has 0 aliphatic carbocycles. The molecule has 1 aliphatic rings. The van der Waals surface area contributed by atoms with Gasteiger partial charge in [-0.05, 0) is 6.26 Å². The minimum atomic E-state index is -1.25. The molecule has 0 amide bonds. The number of aromatic hydroxyl groups is 1. The molecule has 3 heterocycles. The Morgan fingerprint density at radius 3 is 2.71 bits per heavy atom. The van der Waals surface area contributed by atoms with E-state index >= 15 is 0 Å². The van der Waals surface area contributed by atoms with Crippen molar-refractivity contribution in [3.63, 3.8) is 0 Å². The van der Waals surface area contributed by atoms with E-state index < -0.39 is 31.1 Å². The molecule has 0 aromatic carbocycles. The Morgan fingerprint density at radius 2 is 2.10 bits per heavy atom. The van der Waals surface area contributed by atoms with Gasteiger partial charge in [-0.3, -0.25) is 4.57 Å². The Morgan fingerprint density at radius 1 is 1.33 bits per heavy atom. The van der Waals surface area contributed by atoms with E-state index in [-0.39, 0.29) is 17.0 Å². The molecule has 1 saturated heterocycles. The summed E-state index contributed by atoms with van der Waals surface area (Å²) in [6.07, 6.45) is -1.39. The van der Waals surface area contributed by atoms with Gasteiger partial charge in [0.05, 0.1) is 6.61 Å². The number of aromatic nitrogens is 4. The number of fused-ring (bicyclic) bond motifs is 1. The van der Waals surface area contributed by atoms with Crippen molar-refractivity contribution in [3.8, 4) is 5.88 Å². The van der Waals surface area contributed by atoms with E-state index in [1.165, 1.54) is 22.7 Å². The molecular weight excluding hydrogens is 300 g/mol. The number of thioether (sulfide) groups is 1. The predicted octanol–water partition coefficient (Wildman–Crippen LogP) is -1.13. The molecule has 2 aromatic rings. The number of hydrogen-bond donors (Lipinski definition) is 4. The van der Waals surface area contributed by atoms with Crippen molar-refractivity contribution in [2.45, 2.75) is 29.7 Å². The Balaban J connectivity index is 2.14. The summed E-state index contributed by atoms with van der Waals surface area (Å²) >= 11 is 1.27. The van der Waals surface area contributed by atoms with Crippen molar-refractivity contribution in [2.75, 3.05) is 12.9 Å². The summed E-state index contributed by atoms with van der Waals surface area (Å²) in [6.45, 7) is -0.420. The summed E-state index contributed by atoms with van der Waals surface area (Å²) < 4.78 is 6.96. The third-order valence-corrected chi connectivity index (χ3v) is 4.03. The normalized spacial score (nSPS) is 29.3. The van der Waals surface area contributed by atoms with Crippen LogP contribution in [0.3, 0.4) is 0 Å². The van der Waals surface area contributed by atoms with Gasteiger partial charge in [0.1, 0.15) is 24.6 Å². The van der Waals surface area contributed by atoms with E-state index in [1.807, 2.05) is 0 Å². The van der Waals surface area contributed by atoms with E-state index in [2.05, 4.69) is 15.0 Å². The van der Waals surface area contributed by atoms with Crippen LogP contribution in [0.4, 0.5) is 0 Å². The number of imidazole rings is 1. The molecular formula is C11H14N4O5S. The van der Waals surface area contributed by atoms with Crippen LogP contribution in [0.2, 0.25) is 0 Å². The van der Waals surface area contributed by atoms with Gasteiger partial charge in [0.25, 0.3) is 0 Å². The zero-order valence-corrected chi connectivity index (χ0v) is 11.8. The van der Waals surface area contributed by atoms with Crippen molar-refractivity contribution in [2.24, 2.45) is 0 Å². The molecule has 10 heteroatoms. The number of rotatable bonds is 3. The van der Waals surface area contributed by atoms with Gasteiger partial charge in [0, 0.05) is 0 Å². The van der Waals surface area contributed by atoms with E-state index in [1.54, 1.807) is 6.26 Å². The van der Waals surface area contributed by atoms with Crippen molar-refractivity contribution in [1.29, 1.82) is 0 Å². The molecule has 4 N–H and O–H groups in total. The molecule has 114 valence electrons. The number of aliphatic hydroxyl groups excluding tert-OH is 3. The molecule has 0 saturated carbocycles. The van der Waals surface area contributed by atoms with Gasteiger partial charge in [-0.2, -0.15) is 4.98 Å². The van der Waals surface area contributed by atoms with Crippen LogP contribution >= 0.6 is 11.8 Å². The standard InChI is InChI=1S/C11H14N4O5S/c1-21-11-14-5-8(12-3-13-9(5)19)15(11)10-7(18)6(17)4(2-16)20-10/h3-4,6-7,10,16-18H,2H2,1H3,(H,12,13,19)/t4-,6-,7-,10-/m1/s1. The molecule has 0 unspecified atom stereocenters. The smallest absolute Gasteiger partial charge is 0.242 e. The summed E-state index contributed by atoms with van der Waals surface area (Å²) in [7, 11) is 0. The molecule has 9 nitrogen and oxygen atoms in total. The molecule has 3 rings (SSSR count). The summed E-state index contributed by atoms with van der Waals surface area (Å²) in [4.78, 5) is 11.9. The van der Waals surface area contributed by atoms with Gasteiger partial charge in [0.2, 0.25) is 5.88 Å². The van der Waals surface area contributed by atoms with Gasteiger partial charge < -0.3 is 25.2 Å². The topological polar surface area (TPSA) is 134 Å². The lowest BCUT2D eigenvalue weighted by Crippen LogP contribution is -2.33. The van der Waals surface area contributed by atoms with Crippen LogP contribution in [0.5, 0.6) is 5.88 Å². The van der Waals surface area contributed by atoms with E-state index in [0.717, 1.165) is 0 Å². The zero-order chi connectivity index (χ0) is 15.1. The second-order valence-corrected chi connectivity index (χ2v) is 5.34. The summed E-state index contributed by atoms with van der Waals surface area (Å²) in [5.74, 6) is -0.277. The van der Waals surface area contributed by atoms with Crippen LogP contribution in [-0.4, -0.2) is 71.1 Å². The highest BCUT2D eigenvalue weighted by atomic mass is 32.2. The summed E-state index contributed by atoms with van der Waals surface area (Å²) in [5, 5.41) is 39.3. The lowest BCUT2D eigenvalue weighted by Gasteiger charge is -2.18. The third kappa shape index (κ3) is 2.15. The Hall–Kier alpha value is -1.46. The number of aliphatic hydroxyl groups is 3. The average Bonchev–Trinajstić information content (AvgIpc) is 2.99. The fourth-order valence-corrected chi connectivity index (χ4v) is 2.91. The first-order chi connectivity index (χ1) is 10.1. The molecule has 0 bridgehead atoms. The van der Waals surface area contributed by atoms with Crippen LogP contribution in [0.1, 0.15) is 6.23 Å². The van der Waals surface area contributed by atoms with Gasteiger partial charge >= 0.3 is 0 Å². The van der Waals surface area contributed by atoms with Crippen LogP contribution in [0.15, 0.2) is 11.5 Å². The second-order valence-electron chi connectivity index (χ2n) is 4.57. The van der Waals surface area contributed by atoms with Gasteiger partial charge in [-0.15, -0.1) is 0 Å². The van der Waals surface area contributed by atoms with Gasteiger partial charge in [-0.1, -0.05) is 11.8 Å². The second kappa shape index (κ2) is 5.39. The summed E-state index contributed by atoms with van der Waals surface area (Å²) in [5.41, 5.74) is 0.460. The van der Waals surface area contributed by atoms with E-state index in [0.29, 0.717) is 5.16 Å². The van der Waals surface area contributed by atoms with Gasteiger partial charge in [-0.25, -0.2) is 9.97 Å². The largest absolute Gasteiger partial charge is 0.492 e. The molecule has 2 aromatic heterocycles. The molecule has 0 radical (unpaired) electrons. The first-order valence-electron chi connectivity index (χ1n) is 6.16. The third-order valence-electron chi connectivity index (χ3n) is 3.38. The SMILES string of the molecule is CSc1nc2c(O)ncnc2n1[C@@H]1O[C@H](CO)[C@@H](O)[C@H]1O. The molecule has 1 fully saturated rings. The highest BCUT2D eigenvalue weighted by molar-refractivity contribution is 7.98. The number of hydrogen-bond acceptors (Lipinski definition) is 9. The molecule has 1 aliphatic heterocycles. The molecule has 21 heavy (non-hydrogen) atoms. The van der Waals surface area contributed by atoms with Crippen molar-refractivity contribution < 1.29 is 25.2 Å². The molecule has 0 spiro atoms. The maximum Gasteiger partial charge on any atom is 0.242 e.